The number of hydrogen-bond donors (Lipinski definition) is 2. The van der Waals surface area contributed by atoms with Crippen LogP contribution in [-0.4, -0.2) is 55.9 Å². The van der Waals surface area contributed by atoms with Crippen molar-refractivity contribution in [1.29, 1.82) is 0 Å². The number of pyridine rings is 1. The van der Waals surface area contributed by atoms with E-state index in [1.807, 2.05) is 45.4 Å². The number of carbonyl (C=O) groups excluding carboxylic acids is 1. The van der Waals surface area contributed by atoms with Gasteiger partial charge in [0.25, 0.3) is 0 Å². The van der Waals surface area contributed by atoms with E-state index in [2.05, 4.69) is 32.4 Å². The number of piperidine rings is 1. The zero-order valence-corrected chi connectivity index (χ0v) is 17.8. The Morgan fingerprint density at radius 1 is 1.17 bits per heavy atom. The number of aromatic nitrogens is 3. The third kappa shape index (κ3) is 4.86. The molecule has 1 aliphatic rings. The van der Waals surface area contributed by atoms with Crippen LogP contribution in [0.4, 0.5) is 5.82 Å². The number of β-amino-alcohol motifs (C(OH)–C–C–N with tert-alkyl or cyclic N) is 1. The molecule has 1 aliphatic heterocycles. The molecule has 1 amide bonds. The zero-order valence-electron chi connectivity index (χ0n) is 17.8. The minimum atomic E-state index is -0.710. The number of aliphatic hydroxyl groups is 1. The summed E-state index contributed by atoms with van der Waals surface area (Å²) in [4.78, 5) is 19.4. The molecule has 1 saturated heterocycles. The highest BCUT2D eigenvalue weighted by atomic mass is 16.3. The first-order chi connectivity index (χ1) is 14.3. The summed E-state index contributed by atoms with van der Waals surface area (Å²) in [5.74, 6) is 0.574. The average Bonchev–Trinajstić information content (AvgIpc) is 3.13. The number of carbonyl (C=O) groups is 1. The van der Waals surface area contributed by atoms with Crippen LogP contribution in [0.5, 0.6) is 0 Å². The van der Waals surface area contributed by atoms with E-state index in [0.29, 0.717) is 12.4 Å². The molecule has 4 rings (SSSR count). The monoisotopic (exact) mass is 407 g/mol. The smallest absolute Gasteiger partial charge is 0.228 e. The first-order valence-corrected chi connectivity index (χ1v) is 10.4. The third-order valence-electron chi connectivity index (χ3n) is 5.58. The Hall–Kier alpha value is -2.77. The Bertz CT molecular complexity index is 1050. The molecule has 0 unspecified atom stereocenters. The highest BCUT2D eigenvalue weighted by Gasteiger charge is 2.27. The van der Waals surface area contributed by atoms with E-state index in [0.717, 1.165) is 47.8 Å². The normalized spacial score (nSPS) is 16.1. The maximum Gasteiger partial charge on any atom is 0.228 e. The molecule has 0 aliphatic carbocycles. The maximum atomic E-state index is 12.8. The number of aryl methyl sites for hydroxylation is 1. The number of nitrogens with one attached hydrogen (secondary N) is 1. The van der Waals surface area contributed by atoms with Crippen molar-refractivity contribution >= 4 is 22.5 Å². The lowest BCUT2D eigenvalue weighted by atomic mass is 9.95. The van der Waals surface area contributed by atoms with Gasteiger partial charge >= 0.3 is 0 Å². The average molecular weight is 408 g/mol. The minimum Gasteiger partial charge on any atom is -0.389 e. The summed E-state index contributed by atoms with van der Waals surface area (Å²) >= 11 is 0. The molecule has 0 spiro atoms. The Kier molecular flexibility index (Phi) is 5.58. The van der Waals surface area contributed by atoms with Gasteiger partial charge in [-0.15, -0.1) is 0 Å². The summed E-state index contributed by atoms with van der Waals surface area (Å²) < 4.78 is 1.78. The molecule has 2 N–H and O–H groups in total. The molecule has 30 heavy (non-hydrogen) atoms. The van der Waals surface area contributed by atoms with Gasteiger partial charge in [-0.25, -0.2) is 4.98 Å². The summed E-state index contributed by atoms with van der Waals surface area (Å²) in [7, 11) is 1.90. The molecule has 0 radical (unpaired) electrons. The molecule has 0 saturated carbocycles. The number of hydrogen-bond acceptors (Lipinski definition) is 5. The molecule has 7 heteroatoms. The Morgan fingerprint density at radius 3 is 2.60 bits per heavy atom. The van der Waals surface area contributed by atoms with Crippen LogP contribution in [0.2, 0.25) is 0 Å². The molecular weight excluding hydrogens is 378 g/mol. The predicted octanol–water partition coefficient (Wildman–Crippen LogP) is 3.06. The Labute approximate surface area is 176 Å². The van der Waals surface area contributed by atoms with Crippen molar-refractivity contribution in [2.75, 3.05) is 25.0 Å². The number of nitrogens with zero attached hydrogens (tertiary/aromatic N) is 4. The SMILES string of the molecule is Cn1cc(-c2ccc3cnc(NC(=O)C4CCN(CC(C)(C)O)CC4)cc3c2)cn1. The van der Waals surface area contributed by atoms with E-state index in [1.54, 1.807) is 10.9 Å². The van der Waals surface area contributed by atoms with E-state index < -0.39 is 5.60 Å². The van der Waals surface area contributed by atoms with Crippen LogP contribution in [-0.2, 0) is 11.8 Å². The van der Waals surface area contributed by atoms with Gasteiger partial charge in [-0.05, 0) is 62.9 Å². The highest BCUT2D eigenvalue weighted by Crippen LogP contribution is 2.26. The van der Waals surface area contributed by atoms with Crippen molar-refractivity contribution in [2.24, 2.45) is 13.0 Å². The van der Waals surface area contributed by atoms with E-state index >= 15 is 0 Å². The van der Waals surface area contributed by atoms with Crippen LogP contribution in [0.3, 0.4) is 0 Å². The van der Waals surface area contributed by atoms with Gasteiger partial charge in [0.2, 0.25) is 5.91 Å². The van der Waals surface area contributed by atoms with Crippen LogP contribution in [0.15, 0.2) is 42.9 Å². The van der Waals surface area contributed by atoms with Gasteiger partial charge in [-0.3, -0.25) is 9.48 Å². The fraction of sp³-hybridized carbons (Fsp3) is 0.435. The highest BCUT2D eigenvalue weighted by molar-refractivity contribution is 5.95. The molecular formula is C23H29N5O2. The van der Waals surface area contributed by atoms with Crippen molar-refractivity contribution in [2.45, 2.75) is 32.3 Å². The quantitative estimate of drug-likeness (QED) is 0.679. The minimum absolute atomic E-state index is 0.0215. The Morgan fingerprint density at radius 2 is 1.93 bits per heavy atom. The van der Waals surface area contributed by atoms with Gasteiger partial charge in [-0.1, -0.05) is 12.1 Å². The maximum absolute atomic E-state index is 12.8. The molecule has 158 valence electrons. The lowest BCUT2D eigenvalue weighted by Gasteiger charge is -2.34. The van der Waals surface area contributed by atoms with Gasteiger partial charge in [0.05, 0.1) is 11.8 Å². The van der Waals surface area contributed by atoms with Crippen molar-refractivity contribution in [1.82, 2.24) is 19.7 Å². The second-order valence-corrected chi connectivity index (χ2v) is 8.89. The summed E-state index contributed by atoms with van der Waals surface area (Å²) in [5.41, 5.74) is 1.43. The molecule has 1 aromatic carbocycles. The summed E-state index contributed by atoms with van der Waals surface area (Å²) in [6.45, 7) is 5.91. The lowest BCUT2D eigenvalue weighted by molar-refractivity contribution is -0.121. The zero-order chi connectivity index (χ0) is 21.3. The van der Waals surface area contributed by atoms with Crippen LogP contribution in [0.25, 0.3) is 21.9 Å². The molecule has 2 aromatic heterocycles. The largest absolute Gasteiger partial charge is 0.389 e. The molecule has 7 nitrogen and oxygen atoms in total. The van der Waals surface area contributed by atoms with Gasteiger partial charge in [-0.2, -0.15) is 5.10 Å². The molecule has 3 heterocycles. The van der Waals surface area contributed by atoms with Crippen LogP contribution in [0, 0.1) is 5.92 Å². The standard InChI is InChI=1S/C23H29N5O2/c1-23(2,30)15-28-8-6-16(7-9-28)22(29)26-21-11-19-10-17(4-5-18(19)12-24-21)20-13-25-27(3)14-20/h4-5,10-14,16,30H,6-9,15H2,1-3H3,(H,24,26,29). The molecule has 0 bridgehead atoms. The van der Waals surface area contributed by atoms with Gasteiger partial charge in [0.1, 0.15) is 5.82 Å². The van der Waals surface area contributed by atoms with E-state index in [4.69, 9.17) is 0 Å². The fourth-order valence-electron chi connectivity index (χ4n) is 4.09. The molecule has 0 atom stereocenters. The number of amides is 1. The van der Waals surface area contributed by atoms with Gasteiger partial charge in [0, 0.05) is 42.9 Å². The fourth-order valence-corrected chi connectivity index (χ4v) is 4.09. The summed E-state index contributed by atoms with van der Waals surface area (Å²) in [6.07, 6.45) is 7.20. The lowest BCUT2D eigenvalue weighted by Crippen LogP contribution is -2.44. The number of rotatable bonds is 5. The van der Waals surface area contributed by atoms with Crippen LogP contribution >= 0.6 is 0 Å². The van der Waals surface area contributed by atoms with Crippen LogP contribution < -0.4 is 5.32 Å². The van der Waals surface area contributed by atoms with E-state index in [9.17, 15) is 9.90 Å². The van der Waals surface area contributed by atoms with Crippen molar-refractivity contribution in [3.05, 3.63) is 42.9 Å². The first kappa shape index (κ1) is 20.5. The summed E-state index contributed by atoms with van der Waals surface area (Å²) in [6, 6.07) is 8.12. The topological polar surface area (TPSA) is 83.3 Å². The molecule has 1 fully saturated rings. The molecule has 3 aromatic rings. The third-order valence-corrected chi connectivity index (χ3v) is 5.58. The van der Waals surface area contributed by atoms with Crippen molar-refractivity contribution in [3.63, 3.8) is 0 Å². The predicted molar refractivity (Wildman–Crippen MR) is 118 cm³/mol. The van der Waals surface area contributed by atoms with E-state index in [1.165, 1.54) is 0 Å². The van der Waals surface area contributed by atoms with Crippen molar-refractivity contribution < 1.29 is 9.90 Å². The summed E-state index contributed by atoms with van der Waals surface area (Å²) in [5, 5.41) is 19.3. The van der Waals surface area contributed by atoms with Gasteiger partial charge < -0.3 is 15.3 Å². The number of likely N-dealkylation sites (tertiary alicyclic amines) is 1. The van der Waals surface area contributed by atoms with Gasteiger partial charge in [0.15, 0.2) is 0 Å². The second kappa shape index (κ2) is 8.16. The number of fused-ring (bicyclic) bond motifs is 1. The second-order valence-electron chi connectivity index (χ2n) is 8.89. The first-order valence-electron chi connectivity index (χ1n) is 10.4. The van der Waals surface area contributed by atoms with E-state index in [-0.39, 0.29) is 11.8 Å². The van der Waals surface area contributed by atoms with Crippen molar-refractivity contribution in [3.8, 4) is 11.1 Å². The number of anilines is 1. The Balaban J connectivity index is 1.43. The number of benzene rings is 1. The van der Waals surface area contributed by atoms with Crippen LogP contribution in [0.1, 0.15) is 26.7 Å².